The van der Waals surface area contributed by atoms with Gasteiger partial charge in [-0.1, -0.05) is 0 Å². The van der Waals surface area contributed by atoms with Gasteiger partial charge in [-0.3, -0.25) is 0 Å². The summed E-state index contributed by atoms with van der Waals surface area (Å²) < 4.78 is 15.7. The van der Waals surface area contributed by atoms with Crippen molar-refractivity contribution >= 4 is 0 Å². The predicted molar refractivity (Wildman–Crippen MR) is 165 cm³/mol. The SMILES string of the molecule is COc1cccnc1-c1[c-]cccc1.COc1cccnc1-c1[c-]cccc1.COc1cccnc1-c1[c-]cccc1.[Ir+3]. The van der Waals surface area contributed by atoms with Crippen LogP contribution >= 0.6 is 0 Å². The van der Waals surface area contributed by atoms with Crippen molar-refractivity contribution in [2.75, 3.05) is 21.3 Å². The number of methoxy groups -OCH3 is 3. The third-order valence-electron chi connectivity index (χ3n) is 5.86. The summed E-state index contributed by atoms with van der Waals surface area (Å²) in [6.07, 6.45) is 5.25. The molecule has 0 aliphatic carbocycles. The monoisotopic (exact) mass is 745 g/mol. The van der Waals surface area contributed by atoms with Gasteiger partial charge >= 0.3 is 20.1 Å². The molecule has 43 heavy (non-hydrogen) atoms. The van der Waals surface area contributed by atoms with Crippen LogP contribution < -0.4 is 14.2 Å². The summed E-state index contributed by atoms with van der Waals surface area (Å²) in [4.78, 5) is 12.8. The molecule has 3 aromatic heterocycles. The number of hydrogen-bond donors (Lipinski definition) is 0. The topological polar surface area (TPSA) is 66.4 Å². The van der Waals surface area contributed by atoms with Gasteiger partial charge < -0.3 is 29.2 Å². The van der Waals surface area contributed by atoms with Crippen molar-refractivity contribution in [3.63, 3.8) is 0 Å². The molecule has 0 bridgehead atoms. The first kappa shape index (κ1) is 32.7. The molecule has 0 aliphatic heterocycles. The van der Waals surface area contributed by atoms with Gasteiger partial charge in [0.25, 0.3) is 0 Å². The minimum atomic E-state index is 0. The van der Waals surface area contributed by atoms with Crippen LogP contribution in [0.3, 0.4) is 0 Å². The molecule has 6 rings (SSSR count). The number of ether oxygens (including phenoxy) is 3. The van der Waals surface area contributed by atoms with E-state index in [1.807, 2.05) is 109 Å². The third kappa shape index (κ3) is 9.33. The van der Waals surface area contributed by atoms with E-state index >= 15 is 0 Å². The Labute approximate surface area is 266 Å². The molecule has 3 heterocycles. The van der Waals surface area contributed by atoms with Crippen molar-refractivity contribution in [2.24, 2.45) is 0 Å². The zero-order valence-corrected chi connectivity index (χ0v) is 26.4. The number of pyridine rings is 3. The van der Waals surface area contributed by atoms with Gasteiger partial charge in [0.05, 0.1) is 21.3 Å². The standard InChI is InChI=1S/3C12H10NO.Ir/c3*1-14-11-8-5-9-13-12(11)10-6-3-2-4-7-10;/h3*2-6,8-9H,1H3;/q3*-1;+3. The van der Waals surface area contributed by atoms with E-state index in [2.05, 4.69) is 33.2 Å². The van der Waals surface area contributed by atoms with Crippen molar-refractivity contribution in [3.8, 4) is 51.0 Å². The third-order valence-corrected chi connectivity index (χ3v) is 5.86. The molecule has 216 valence electrons. The van der Waals surface area contributed by atoms with E-state index in [1.165, 1.54) is 0 Å². The van der Waals surface area contributed by atoms with Crippen LogP contribution in [0.1, 0.15) is 0 Å². The van der Waals surface area contributed by atoms with Crippen LogP contribution in [0.2, 0.25) is 0 Å². The largest absolute Gasteiger partial charge is 3.00 e. The molecular formula is C36H30IrN3O3. The molecule has 0 amide bonds. The van der Waals surface area contributed by atoms with Crippen LogP contribution in [0.5, 0.6) is 17.2 Å². The molecule has 0 radical (unpaired) electrons. The van der Waals surface area contributed by atoms with Gasteiger partial charge in [-0.2, -0.15) is 0 Å². The fourth-order valence-corrected chi connectivity index (χ4v) is 3.89. The molecular weight excluding hydrogens is 715 g/mol. The Hall–Kier alpha value is -4.84. The predicted octanol–water partition coefficient (Wildman–Crippen LogP) is 7.67. The van der Waals surface area contributed by atoms with Gasteiger partial charge in [-0.05, 0) is 36.4 Å². The van der Waals surface area contributed by atoms with Crippen LogP contribution in [0.15, 0.2) is 128 Å². The average molecular weight is 745 g/mol. The molecule has 7 heteroatoms. The number of benzene rings is 3. The first-order valence-electron chi connectivity index (χ1n) is 13.1. The van der Waals surface area contributed by atoms with Gasteiger partial charge in [0.15, 0.2) is 0 Å². The van der Waals surface area contributed by atoms with Crippen molar-refractivity contribution in [1.29, 1.82) is 0 Å². The van der Waals surface area contributed by atoms with Crippen LogP contribution in [-0.4, -0.2) is 36.3 Å². The van der Waals surface area contributed by atoms with Crippen molar-refractivity contribution in [2.45, 2.75) is 0 Å². The van der Waals surface area contributed by atoms with E-state index in [-0.39, 0.29) is 20.1 Å². The Bertz CT molecular complexity index is 1440. The van der Waals surface area contributed by atoms with Crippen molar-refractivity contribution in [1.82, 2.24) is 15.0 Å². The smallest absolute Gasteiger partial charge is 0.504 e. The molecule has 0 atom stereocenters. The molecule has 0 saturated heterocycles. The van der Waals surface area contributed by atoms with E-state index in [0.717, 1.165) is 51.0 Å². The maximum absolute atomic E-state index is 5.22. The molecule has 0 aliphatic rings. The average Bonchev–Trinajstić information content (AvgIpc) is 3.10. The molecule has 0 unspecified atom stereocenters. The van der Waals surface area contributed by atoms with Crippen molar-refractivity contribution in [3.05, 3.63) is 146 Å². The summed E-state index contributed by atoms with van der Waals surface area (Å²) in [6, 6.07) is 43.7. The minimum Gasteiger partial charge on any atom is -0.504 e. The van der Waals surface area contributed by atoms with E-state index in [9.17, 15) is 0 Å². The number of hydrogen-bond acceptors (Lipinski definition) is 6. The minimum absolute atomic E-state index is 0. The first-order valence-corrected chi connectivity index (χ1v) is 13.1. The molecule has 0 saturated carbocycles. The molecule has 0 N–H and O–H groups in total. The normalized spacial score (nSPS) is 9.56. The number of rotatable bonds is 6. The van der Waals surface area contributed by atoms with Gasteiger partial charge in [-0.25, -0.2) is 0 Å². The zero-order valence-electron chi connectivity index (χ0n) is 24.0. The van der Waals surface area contributed by atoms with E-state index in [4.69, 9.17) is 14.2 Å². The summed E-state index contributed by atoms with van der Waals surface area (Å²) in [5.41, 5.74) is 5.33. The van der Waals surface area contributed by atoms with Crippen LogP contribution in [0.4, 0.5) is 0 Å². The van der Waals surface area contributed by atoms with E-state index < -0.39 is 0 Å². The zero-order chi connectivity index (χ0) is 29.4. The van der Waals surface area contributed by atoms with Crippen molar-refractivity contribution < 1.29 is 34.3 Å². The van der Waals surface area contributed by atoms with Crippen LogP contribution in [0, 0.1) is 18.2 Å². The fourth-order valence-electron chi connectivity index (χ4n) is 3.89. The Kier molecular flexibility index (Phi) is 13.6. The maximum Gasteiger partial charge on any atom is 3.00 e. The molecule has 3 aromatic carbocycles. The summed E-state index contributed by atoms with van der Waals surface area (Å²) in [6.45, 7) is 0. The summed E-state index contributed by atoms with van der Waals surface area (Å²) >= 11 is 0. The molecule has 0 fully saturated rings. The van der Waals surface area contributed by atoms with Crippen LogP contribution in [-0.2, 0) is 20.1 Å². The van der Waals surface area contributed by atoms with E-state index in [1.54, 1.807) is 39.9 Å². The number of nitrogens with zero attached hydrogens (tertiary/aromatic N) is 3. The second kappa shape index (κ2) is 17.9. The van der Waals surface area contributed by atoms with E-state index in [0.29, 0.717) is 0 Å². The van der Waals surface area contributed by atoms with Gasteiger partial charge in [0.2, 0.25) is 0 Å². The number of aromatic nitrogens is 3. The molecule has 0 spiro atoms. The Morgan fingerprint density at radius 1 is 0.419 bits per heavy atom. The molecule has 6 nitrogen and oxygen atoms in total. The first-order chi connectivity index (χ1) is 20.7. The second-order valence-electron chi connectivity index (χ2n) is 8.49. The fraction of sp³-hybridized carbons (Fsp3) is 0.0833. The summed E-state index contributed by atoms with van der Waals surface area (Å²) in [7, 11) is 4.93. The maximum atomic E-state index is 5.22. The van der Waals surface area contributed by atoms with Gasteiger partial charge in [-0.15, -0.1) is 108 Å². The van der Waals surface area contributed by atoms with Crippen LogP contribution in [0.25, 0.3) is 33.8 Å². The van der Waals surface area contributed by atoms with Gasteiger partial charge in [0.1, 0.15) is 17.2 Å². The Balaban J connectivity index is 0.000000175. The molecule has 6 aromatic rings. The van der Waals surface area contributed by atoms with Gasteiger partial charge in [0, 0.05) is 35.7 Å². The summed E-state index contributed by atoms with van der Waals surface area (Å²) in [5, 5.41) is 0. The Morgan fingerprint density at radius 2 is 0.721 bits per heavy atom. The Morgan fingerprint density at radius 3 is 0.953 bits per heavy atom. The second-order valence-corrected chi connectivity index (χ2v) is 8.49. The summed E-state index contributed by atoms with van der Waals surface area (Å²) in [5.74, 6) is 2.32. The quantitative estimate of drug-likeness (QED) is 0.163.